The smallest absolute Gasteiger partial charge is 0.131 e. The maximum Gasteiger partial charge on any atom is 0.131 e. The zero-order valence-corrected chi connectivity index (χ0v) is 31.1. The monoisotopic (exact) mass is 704 g/mol. The normalized spacial score (nSPS) is 13.8. The van der Waals surface area contributed by atoms with Crippen molar-refractivity contribution in [2.24, 2.45) is 10.7 Å². The van der Waals surface area contributed by atoms with E-state index in [1.807, 2.05) is 0 Å². The summed E-state index contributed by atoms with van der Waals surface area (Å²) in [5.41, 5.74) is 18.8. The molecule has 0 spiro atoms. The summed E-state index contributed by atoms with van der Waals surface area (Å²) in [6, 6.07) is 63.5. The molecule has 9 aromatic rings. The zero-order chi connectivity index (χ0) is 37.1. The molecule has 2 nitrogen and oxygen atoms in total. The van der Waals surface area contributed by atoms with Crippen molar-refractivity contribution in [3.05, 3.63) is 210 Å². The highest BCUT2D eigenvalue weighted by Crippen LogP contribution is 2.52. The molecule has 2 N–H and O–H groups in total. The Morgan fingerprint density at radius 1 is 0.509 bits per heavy atom. The van der Waals surface area contributed by atoms with Crippen molar-refractivity contribution >= 4 is 54.6 Å². The van der Waals surface area contributed by atoms with Gasteiger partial charge in [0.25, 0.3) is 0 Å². The SMILES string of the molecule is CC1(C)c2cc(-c3ccc(/C(=C/Cc4ccc5ccccc5c4)N=C(N)c4cccc5ccccc45)c4ccccc34)ccc2-c2ccc3ccccc3c21. The Morgan fingerprint density at radius 2 is 1.13 bits per heavy atom. The predicted octanol–water partition coefficient (Wildman–Crippen LogP) is 13.3. The lowest BCUT2D eigenvalue weighted by molar-refractivity contribution is 0.666. The third kappa shape index (κ3) is 5.53. The van der Waals surface area contributed by atoms with Crippen molar-refractivity contribution in [2.45, 2.75) is 25.7 Å². The van der Waals surface area contributed by atoms with Crippen LogP contribution in [0.25, 0.3) is 71.0 Å². The van der Waals surface area contributed by atoms with Crippen molar-refractivity contribution in [3.63, 3.8) is 0 Å². The third-order valence-corrected chi connectivity index (χ3v) is 11.7. The summed E-state index contributed by atoms with van der Waals surface area (Å²) in [5, 5.41) is 9.67. The molecule has 262 valence electrons. The van der Waals surface area contributed by atoms with Gasteiger partial charge in [-0.15, -0.1) is 0 Å². The molecule has 9 aromatic carbocycles. The van der Waals surface area contributed by atoms with Gasteiger partial charge in [-0.2, -0.15) is 0 Å². The van der Waals surface area contributed by atoms with Gasteiger partial charge in [0.1, 0.15) is 5.84 Å². The number of allylic oxidation sites excluding steroid dienone is 1. The van der Waals surface area contributed by atoms with Gasteiger partial charge in [0.05, 0.1) is 5.70 Å². The van der Waals surface area contributed by atoms with Crippen molar-refractivity contribution in [1.29, 1.82) is 0 Å². The molecule has 1 aliphatic rings. The number of benzene rings is 9. The van der Waals surface area contributed by atoms with E-state index in [4.69, 9.17) is 10.7 Å². The second-order valence-corrected chi connectivity index (χ2v) is 15.3. The Kier molecular flexibility index (Phi) is 7.74. The Morgan fingerprint density at radius 3 is 1.95 bits per heavy atom. The number of rotatable bonds is 6. The van der Waals surface area contributed by atoms with Crippen molar-refractivity contribution in [1.82, 2.24) is 0 Å². The summed E-state index contributed by atoms with van der Waals surface area (Å²) in [6.45, 7) is 4.75. The molecule has 2 heteroatoms. The lowest BCUT2D eigenvalue weighted by Crippen LogP contribution is -2.15. The molecule has 0 amide bonds. The van der Waals surface area contributed by atoms with E-state index in [0.717, 1.165) is 39.4 Å². The highest BCUT2D eigenvalue weighted by molar-refractivity contribution is 6.12. The van der Waals surface area contributed by atoms with Crippen LogP contribution >= 0.6 is 0 Å². The fourth-order valence-corrected chi connectivity index (χ4v) is 8.98. The van der Waals surface area contributed by atoms with Gasteiger partial charge in [-0.1, -0.05) is 190 Å². The number of fused-ring (bicyclic) bond motifs is 8. The molecular weight excluding hydrogens is 665 g/mol. The van der Waals surface area contributed by atoms with Gasteiger partial charge >= 0.3 is 0 Å². The highest BCUT2D eigenvalue weighted by Gasteiger charge is 2.37. The summed E-state index contributed by atoms with van der Waals surface area (Å²) in [5.74, 6) is 0.502. The quantitative estimate of drug-likeness (QED) is 0.136. The van der Waals surface area contributed by atoms with E-state index in [2.05, 4.69) is 196 Å². The first-order valence-electron chi connectivity index (χ1n) is 19.1. The van der Waals surface area contributed by atoms with Crippen LogP contribution in [0.5, 0.6) is 0 Å². The van der Waals surface area contributed by atoms with Gasteiger partial charge in [0, 0.05) is 16.5 Å². The largest absolute Gasteiger partial charge is 0.383 e. The molecule has 0 unspecified atom stereocenters. The van der Waals surface area contributed by atoms with Gasteiger partial charge < -0.3 is 5.73 Å². The van der Waals surface area contributed by atoms with Gasteiger partial charge in [-0.3, -0.25) is 0 Å². The number of hydrogen-bond acceptors (Lipinski definition) is 1. The third-order valence-electron chi connectivity index (χ3n) is 11.7. The number of hydrogen-bond donors (Lipinski definition) is 1. The van der Waals surface area contributed by atoms with E-state index in [0.29, 0.717) is 5.84 Å². The van der Waals surface area contributed by atoms with Gasteiger partial charge in [0.15, 0.2) is 0 Å². The van der Waals surface area contributed by atoms with E-state index in [9.17, 15) is 0 Å². The summed E-state index contributed by atoms with van der Waals surface area (Å²) in [7, 11) is 0. The predicted molar refractivity (Wildman–Crippen MR) is 235 cm³/mol. The number of aliphatic imine (C=N–C) groups is 1. The van der Waals surface area contributed by atoms with Crippen LogP contribution in [0, 0.1) is 0 Å². The molecule has 0 heterocycles. The Hall–Kier alpha value is -6.77. The molecule has 10 rings (SSSR count). The lowest BCUT2D eigenvalue weighted by Gasteiger charge is -2.24. The molecule has 0 atom stereocenters. The van der Waals surface area contributed by atoms with E-state index < -0.39 is 0 Å². The van der Waals surface area contributed by atoms with Crippen LogP contribution < -0.4 is 5.73 Å². The van der Waals surface area contributed by atoms with Crippen LogP contribution in [-0.4, -0.2) is 5.84 Å². The molecule has 0 saturated heterocycles. The van der Waals surface area contributed by atoms with Crippen LogP contribution in [0.3, 0.4) is 0 Å². The average Bonchev–Trinajstić information content (AvgIpc) is 3.47. The molecule has 1 aliphatic carbocycles. The first-order valence-corrected chi connectivity index (χ1v) is 19.1. The summed E-state index contributed by atoms with van der Waals surface area (Å²) < 4.78 is 0. The minimum absolute atomic E-state index is 0.135. The molecule has 55 heavy (non-hydrogen) atoms. The molecule has 0 radical (unpaired) electrons. The fourth-order valence-electron chi connectivity index (χ4n) is 8.98. The van der Waals surface area contributed by atoms with E-state index in [1.54, 1.807) is 0 Å². The number of nitrogens with two attached hydrogens (primary N) is 1. The minimum Gasteiger partial charge on any atom is -0.383 e. The van der Waals surface area contributed by atoms with Gasteiger partial charge in [-0.05, 0) is 94.5 Å². The van der Waals surface area contributed by atoms with Crippen molar-refractivity contribution in [2.75, 3.05) is 0 Å². The minimum atomic E-state index is -0.135. The Bertz CT molecular complexity index is 3050. The van der Waals surface area contributed by atoms with E-state index in [-0.39, 0.29) is 5.41 Å². The second-order valence-electron chi connectivity index (χ2n) is 15.3. The Labute approximate surface area is 321 Å². The van der Waals surface area contributed by atoms with Crippen molar-refractivity contribution < 1.29 is 0 Å². The van der Waals surface area contributed by atoms with Crippen LogP contribution in [-0.2, 0) is 11.8 Å². The molecule has 0 fully saturated rings. The molecule has 0 aliphatic heterocycles. The van der Waals surface area contributed by atoms with Crippen LogP contribution in [0.1, 0.15) is 41.7 Å². The maximum absolute atomic E-state index is 6.97. The molecule has 0 bridgehead atoms. The first-order chi connectivity index (χ1) is 26.9. The topological polar surface area (TPSA) is 38.4 Å². The van der Waals surface area contributed by atoms with Gasteiger partial charge in [-0.25, -0.2) is 4.99 Å². The van der Waals surface area contributed by atoms with Crippen molar-refractivity contribution in [3.8, 4) is 22.3 Å². The summed E-state index contributed by atoms with van der Waals surface area (Å²) >= 11 is 0. The number of amidine groups is 1. The highest BCUT2D eigenvalue weighted by atomic mass is 14.9. The van der Waals surface area contributed by atoms with E-state index in [1.165, 1.54) is 65.9 Å². The second kappa shape index (κ2) is 13.0. The lowest BCUT2D eigenvalue weighted by atomic mass is 9.79. The molecule has 0 saturated carbocycles. The van der Waals surface area contributed by atoms with Gasteiger partial charge in [0.2, 0.25) is 0 Å². The zero-order valence-electron chi connectivity index (χ0n) is 31.1. The summed E-state index contributed by atoms with van der Waals surface area (Å²) in [6.07, 6.45) is 2.96. The maximum atomic E-state index is 6.97. The number of nitrogens with zero attached hydrogens (tertiary/aromatic N) is 1. The molecule has 0 aromatic heterocycles. The summed E-state index contributed by atoms with van der Waals surface area (Å²) in [4.78, 5) is 5.27. The van der Waals surface area contributed by atoms with Crippen LogP contribution in [0.4, 0.5) is 0 Å². The Balaban J connectivity index is 1.11. The van der Waals surface area contributed by atoms with E-state index >= 15 is 0 Å². The average molecular weight is 705 g/mol. The van der Waals surface area contributed by atoms with Crippen LogP contribution in [0.2, 0.25) is 0 Å². The fraction of sp³-hybridized carbons (Fsp3) is 0.0755. The molecular formula is C53H40N2. The standard InChI is InChI=1S/C53H40N2/c1-53(2)49-33-39(26-27-45(49)47-28-25-37-14-6-8-18-42(37)51(47)53)41-29-30-46(44-20-10-9-19-43(41)44)50(31-23-34-22-24-35-12-3-4-15-38(35)32-34)55-52(54)48-21-11-16-36-13-5-7-17-40(36)48/h3-22,24-33H,23H2,1-2H3,(H2,54,55)/b50-31-. The van der Waals surface area contributed by atoms with Crippen LogP contribution in [0.15, 0.2) is 187 Å². The first kappa shape index (κ1) is 32.8.